The number of halogens is 3. The van der Waals surface area contributed by atoms with Gasteiger partial charge in [0, 0.05) is 50.7 Å². The van der Waals surface area contributed by atoms with Crippen LogP contribution < -0.4 is 14.8 Å². The van der Waals surface area contributed by atoms with E-state index in [1.807, 2.05) is 24.3 Å². The largest absolute Gasteiger partial charge is 0.493 e. The van der Waals surface area contributed by atoms with Crippen LogP contribution in [0.5, 0.6) is 11.5 Å². The van der Waals surface area contributed by atoms with Gasteiger partial charge in [-0.1, -0.05) is 17.7 Å². The van der Waals surface area contributed by atoms with Crippen molar-refractivity contribution in [2.24, 2.45) is 0 Å². The summed E-state index contributed by atoms with van der Waals surface area (Å²) in [5.74, 6) is 1.19. The molecule has 3 rings (SSSR count). The van der Waals surface area contributed by atoms with Crippen LogP contribution in [0.4, 0.5) is 0 Å². The fourth-order valence-corrected chi connectivity index (χ4v) is 3.24. The van der Waals surface area contributed by atoms with Gasteiger partial charge in [0.25, 0.3) is 0 Å². The molecule has 0 unspecified atom stereocenters. The van der Waals surface area contributed by atoms with Gasteiger partial charge in [-0.15, -0.1) is 24.8 Å². The van der Waals surface area contributed by atoms with Crippen LogP contribution >= 0.6 is 36.4 Å². The summed E-state index contributed by atoms with van der Waals surface area (Å²) in [5, 5.41) is 4.00. The molecule has 0 spiro atoms. The van der Waals surface area contributed by atoms with Gasteiger partial charge in [0.05, 0.1) is 25.3 Å². The number of benzene rings is 1. The Bertz CT molecular complexity index is 717. The zero-order chi connectivity index (χ0) is 18.9. The molecule has 0 atom stereocenters. The number of aromatic nitrogens is 1. The van der Waals surface area contributed by atoms with Gasteiger partial charge < -0.3 is 19.5 Å². The molecule has 0 aliphatic carbocycles. The Labute approximate surface area is 189 Å². The molecule has 1 aliphatic rings. The van der Waals surface area contributed by atoms with E-state index in [2.05, 4.69) is 15.2 Å². The molecule has 0 bridgehead atoms. The molecule has 1 saturated heterocycles. The van der Waals surface area contributed by atoms with Crippen molar-refractivity contribution in [3.63, 3.8) is 0 Å². The lowest BCUT2D eigenvalue weighted by molar-refractivity contribution is 0.0384. The van der Waals surface area contributed by atoms with Gasteiger partial charge in [0.2, 0.25) is 0 Å². The third-order valence-corrected chi connectivity index (χ3v) is 4.71. The standard InChI is InChI=1S/C20H26ClN3O3.2ClH/c1-25-19-12-17(14-23-5-6-24-7-9-26-10-8-24)11-18(21)20(19)27-15-16-3-2-4-22-13-16;;/h2-4,11-13,23H,5-10,14-15H2,1H3;2*1H. The predicted octanol–water partition coefficient (Wildman–Crippen LogP) is 3.59. The topological polar surface area (TPSA) is 55.9 Å². The van der Waals surface area contributed by atoms with Gasteiger partial charge in [0.1, 0.15) is 6.61 Å². The van der Waals surface area contributed by atoms with Gasteiger partial charge in [-0.2, -0.15) is 0 Å². The first-order valence-corrected chi connectivity index (χ1v) is 9.53. The number of nitrogens with zero attached hydrogens (tertiary/aromatic N) is 2. The van der Waals surface area contributed by atoms with E-state index in [1.165, 1.54) is 0 Å². The van der Waals surface area contributed by atoms with Crippen molar-refractivity contribution in [2.45, 2.75) is 13.2 Å². The van der Waals surface area contributed by atoms with Gasteiger partial charge >= 0.3 is 0 Å². The first-order valence-electron chi connectivity index (χ1n) is 9.15. The van der Waals surface area contributed by atoms with E-state index in [4.69, 9.17) is 25.8 Å². The maximum absolute atomic E-state index is 6.44. The number of methoxy groups -OCH3 is 1. The highest BCUT2D eigenvalue weighted by molar-refractivity contribution is 6.32. The molecule has 162 valence electrons. The first kappa shape index (κ1) is 25.8. The fraction of sp³-hybridized carbons (Fsp3) is 0.450. The molecule has 1 fully saturated rings. The van der Waals surface area contributed by atoms with E-state index in [1.54, 1.807) is 19.5 Å². The number of rotatable bonds is 9. The normalized spacial score (nSPS) is 13.9. The third-order valence-electron chi connectivity index (χ3n) is 4.43. The molecule has 1 N–H and O–H groups in total. The van der Waals surface area contributed by atoms with E-state index < -0.39 is 0 Å². The Morgan fingerprint density at radius 3 is 2.69 bits per heavy atom. The first-order chi connectivity index (χ1) is 13.3. The van der Waals surface area contributed by atoms with Crippen LogP contribution in [-0.4, -0.2) is 56.4 Å². The predicted molar refractivity (Wildman–Crippen MR) is 120 cm³/mol. The molecule has 9 heteroatoms. The van der Waals surface area contributed by atoms with Gasteiger partial charge in [-0.3, -0.25) is 9.88 Å². The Hall–Kier alpha value is -1.28. The monoisotopic (exact) mass is 463 g/mol. The highest BCUT2D eigenvalue weighted by Crippen LogP contribution is 2.36. The summed E-state index contributed by atoms with van der Waals surface area (Å²) < 4.78 is 16.7. The van der Waals surface area contributed by atoms with Crippen LogP contribution in [0.25, 0.3) is 0 Å². The molecule has 0 amide bonds. The molecule has 0 radical (unpaired) electrons. The van der Waals surface area contributed by atoms with E-state index in [0.717, 1.165) is 57.1 Å². The summed E-state index contributed by atoms with van der Waals surface area (Å²) in [6, 6.07) is 7.72. The molecule has 2 heterocycles. The Morgan fingerprint density at radius 2 is 2.00 bits per heavy atom. The maximum Gasteiger partial charge on any atom is 0.180 e. The summed E-state index contributed by atoms with van der Waals surface area (Å²) in [5.41, 5.74) is 2.04. The average molecular weight is 465 g/mol. The minimum absolute atomic E-state index is 0. The second kappa shape index (κ2) is 13.9. The molecule has 1 aromatic carbocycles. The molecule has 29 heavy (non-hydrogen) atoms. The van der Waals surface area contributed by atoms with Crippen LogP contribution in [0.3, 0.4) is 0 Å². The van der Waals surface area contributed by atoms with E-state index in [-0.39, 0.29) is 24.8 Å². The number of morpholine rings is 1. The van der Waals surface area contributed by atoms with Crippen molar-refractivity contribution in [3.05, 3.63) is 52.8 Å². The molecule has 0 saturated carbocycles. The van der Waals surface area contributed by atoms with E-state index in [0.29, 0.717) is 23.1 Å². The van der Waals surface area contributed by atoms with Gasteiger partial charge in [-0.25, -0.2) is 0 Å². The van der Waals surface area contributed by atoms with Gasteiger partial charge in [0.15, 0.2) is 11.5 Å². The van der Waals surface area contributed by atoms with Crippen LogP contribution in [0.1, 0.15) is 11.1 Å². The van der Waals surface area contributed by atoms with Crippen molar-refractivity contribution in [1.29, 1.82) is 0 Å². The lowest BCUT2D eigenvalue weighted by atomic mass is 10.2. The van der Waals surface area contributed by atoms with Gasteiger partial charge in [-0.05, 0) is 23.8 Å². The summed E-state index contributed by atoms with van der Waals surface area (Å²) >= 11 is 6.44. The maximum atomic E-state index is 6.44. The molecular weight excluding hydrogens is 437 g/mol. The highest BCUT2D eigenvalue weighted by Gasteiger charge is 2.13. The molecule has 6 nitrogen and oxygen atoms in total. The molecule has 2 aromatic rings. The second-order valence-electron chi connectivity index (χ2n) is 6.39. The summed E-state index contributed by atoms with van der Waals surface area (Å²) in [4.78, 5) is 6.49. The SMILES string of the molecule is COc1cc(CNCCN2CCOCC2)cc(Cl)c1OCc1cccnc1.Cl.Cl. The Balaban J connectivity index is 0.00000210. The smallest absolute Gasteiger partial charge is 0.180 e. The van der Waals surface area contributed by atoms with Crippen molar-refractivity contribution < 1.29 is 14.2 Å². The van der Waals surface area contributed by atoms with E-state index in [9.17, 15) is 0 Å². The summed E-state index contributed by atoms with van der Waals surface area (Å²) in [6.07, 6.45) is 3.51. The average Bonchev–Trinajstić information content (AvgIpc) is 2.71. The van der Waals surface area contributed by atoms with Crippen molar-refractivity contribution >= 4 is 36.4 Å². The number of pyridine rings is 1. The Morgan fingerprint density at radius 1 is 1.21 bits per heavy atom. The third kappa shape index (κ3) is 8.16. The van der Waals surface area contributed by atoms with Crippen molar-refractivity contribution in [1.82, 2.24) is 15.2 Å². The number of ether oxygens (including phenoxy) is 3. The molecular formula is C20H28Cl3N3O3. The lowest BCUT2D eigenvalue weighted by Gasteiger charge is -2.26. The fourth-order valence-electron chi connectivity index (χ4n) is 2.95. The van der Waals surface area contributed by atoms with Crippen molar-refractivity contribution in [3.8, 4) is 11.5 Å². The molecule has 1 aliphatic heterocycles. The lowest BCUT2D eigenvalue weighted by Crippen LogP contribution is -2.40. The highest BCUT2D eigenvalue weighted by atomic mass is 35.5. The number of nitrogens with one attached hydrogen (secondary N) is 1. The van der Waals surface area contributed by atoms with E-state index >= 15 is 0 Å². The zero-order valence-electron chi connectivity index (χ0n) is 16.4. The minimum atomic E-state index is 0. The minimum Gasteiger partial charge on any atom is -0.493 e. The zero-order valence-corrected chi connectivity index (χ0v) is 18.8. The second-order valence-corrected chi connectivity index (χ2v) is 6.80. The number of hydrogen-bond donors (Lipinski definition) is 1. The quantitative estimate of drug-likeness (QED) is 0.572. The molecule has 1 aromatic heterocycles. The van der Waals surface area contributed by atoms with Crippen LogP contribution in [0.15, 0.2) is 36.7 Å². The van der Waals surface area contributed by atoms with Crippen LogP contribution in [-0.2, 0) is 17.9 Å². The summed E-state index contributed by atoms with van der Waals surface area (Å²) in [7, 11) is 1.62. The van der Waals surface area contributed by atoms with Crippen LogP contribution in [0.2, 0.25) is 5.02 Å². The summed E-state index contributed by atoms with van der Waals surface area (Å²) in [6.45, 7) is 6.71. The Kier molecular flexibility index (Phi) is 12.3. The van der Waals surface area contributed by atoms with Crippen molar-refractivity contribution in [2.75, 3.05) is 46.5 Å². The van der Waals surface area contributed by atoms with Crippen LogP contribution in [0, 0.1) is 0 Å². The number of hydrogen-bond acceptors (Lipinski definition) is 6.